The number of halogens is 3. The lowest BCUT2D eigenvalue weighted by Gasteiger charge is -2.25. The Morgan fingerprint density at radius 3 is 2.28 bits per heavy atom. The summed E-state index contributed by atoms with van der Waals surface area (Å²) < 4.78 is 81.4. The topological polar surface area (TPSA) is 105 Å². The van der Waals surface area contributed by atoms with Gasteiger partial charge in [0.05, 0.1) is 0 Å². The van der Waals surface area contributed by atoms with Gasteiger partial charge >= 0.3 is 6.09 Å². The minimum atomic E-state index is -5.18. The number of ether oxygens (including phenoxy) is 1. The van der Waals surface area contributed by atoms with Gasteiger partial charge in [-0.1, -0.05) is 17.3 Å². The highest BCUT2D eigenvalue weighted by Crippen LogP contribution is 2.30. The Hall–Kier alpha value is -3.58. The van der Waals surface area contributed by atoms with Crippen molar-refractivity contribution in [3.05, 3.63) is 71.2 Å². The lowest BCUT2D eigenvalue weighted by Crippen LogP contribution is -2.41. The molecule has 1 heterocycles. The average molecular weight is 569 g/mol. The summed E-state index contributed by atoms with van der Waals surface area (Å²) in [6.45, 7) is 8.76. The summed E-state index contributed by atoms with van der Waals surface area (Å²) in [6.07, 6.45) is -0.450. The van der Waals surface area contributed by atoms with Gasteiger partial charge in [0.1, 0.15) is 29.3 Å². The largest absolute Gasteiger partial charge is 0.443 e. The summed E-state index contributed by atoms with van der Waals surface area (Å²) in [4.78, 5) is 13.4. The van der Waals surface area contributed by atoms with E-state index in [-0.39, 0.29) is 22.6 Å². The lowest BCUT2D eigenvalue weighted by molar-refractivity contribution is 0.0607. The standard InChI is InChI=1S/C26H31F3N4O5S/c1-16(2)32(6)15-17-8-7-9-20(27)19(17)14-30-18-12-21(28)24(22(29)13-18)39(35,36)33(23-10-11-37-31-23)25(34)38-26(3,4)5/h7-13,16,30H,14-15H2,1-6H3. The van der Waals surface area contributed by atoms with Gasteiger partial charge in [0, 0.05) is 36.4 Å². The molecule has 0 bridgehead atoms. The number of aromatic nitrogens is 1. The van der Waals surface area contributed by atoms with E-state index in [1.807, 2.05) is 25.8 Å². The number of amides is 1. The molecular formula is C26H31F3N4O5S. The number of sulfonamides is 1. The van der Waals surface area contributed by atoms with Gasteiger partial charge in [-0.25, -0.2) is 26.4 Å². The van der Waals surface area contributed by atoms with Crippen LogP contribution < -0.4 is 9.62 Å². The van der Waals surface area contributed by atoms with Crippen LogP contribution in [-0.4, -0.2) is 43.3 Å². The molecule has 212 valence electrons. The fourth-order valence-electron chi connectivity index (χ4n) is 3.52. The highest BCUT2D eigenvalue weighted by Gasteiger charge is 2.40. The Morgan fingerprint density at radius 2 is 1.74 bits per heavy atom. The molecule has 2 aromatic carbocycles. The molecule has 3 rings (SSSR count). The summed E-state index contributed by atoms with van der Waals surface area (Å²) in [7, 11) is -3.30. The van der Waals surface area contributed by atoms with Crippen LogP contribution in [-0.2, 0) is 27.8 Å². The molecule has 0 fully saturated rings. The molecule has 3 aromatic rings. The summed E-state index contributed by atoms with van der Waals surface area (Å²) in [6, 6.07) is 7.32. The van der Waals surface area contributed by atoms with Crippen molar-refractivity contribution in [3.63, 3.8) is 0 Å². The second kappa shape index (κ2) is 11.7. The van der Waals surface area contributed by atoms with Crippen molar-refractivity contribution in [1.29, 1.82) is 0 Å². The second-order valence-corrected chi connectivity index (χ2v) is 11.8. The van der Waals surface area contributed by atoms with Crippen LogP contribution in [0.2, 0.25) is 0 Å². The van der Waals surface area contributed by atoms with Crippen LogP contribution in [0.5, 0.6) is 0 Å². The molecule has 0 atom stereocenters. The zero-order valence-electron chi connectivity index (χ0n) is 22.5. The number of hydrogen-bond acceptors (Lipinski definition) is 8. The molecule has 9 nitrogen and oxygen atoms in total. The van der Waals surface area contributed by atoms with Crippen LogP contribution in [0.4, 0.5) is 29.5 Å². The molecule has 0 saturated heterocycles. The molecule has 39 heavy (non-hydrogen) atoms. The quantitative estimate of drug-likeness (QED) is 0.352. The lowest BCUT2D eigenvalue weighted by atomic mass is 10.1. The van der Waals surface area contributed by atoms with E-state index in [4.69, 9.17) is 4.74 Å². The minimum absolute atomic E-state index is 0.0210. The van der Waals surface area contributed by atoms with Crippen LogP contribution in [0.3, 0.4) is 0 Å². The van der Waals surface area contributed by atoms with Crippen molar-refractivity contribution in [2.75, 3.05) is 16.7 Å². The summed E-state index contributed by atoms with van der Waals surface area (Å²) in [5.41, 5.74) is -0.292. The van der Waals surface area contributed by atoms with Gasteiger partial charge in [-0.3, -0.25) is 4.90 Å². The number of benzene rings is 2. The third-order valence-electron chi connectivity index (χ3n) is 5.67. The van der Waals surface area contributed by atoms with Crippen LogP contribution >= 0.6 is 0 Å². The maximum Gasteiger partial charge on any atom is 0.430 e. The molecule has 0 spiro atoms. The summed E-state index contributed by atoms with van der Waals surface area (Å²) >= 11 is 0. The first-order chi connectivity index (χ1) is 18.1. The number of carbonyl (C=O) groups excluding carboxylic acids is 1. The Balaban J connectivity index is 1.94. The Kier molecular flexibility index (Phi) is 8.96. The first-order valence-electron chi connectivity index (χ1n) is 12.0. The summed E-state index contributed by atoms with van der Waals surface area (Å²) in [5.74, 6) is -4.02. The van der Waals surface area contributed by atoms with Crippen LogP contribution in [0.1, 0.15) is 45.7 Å². The molecule has 0 radical (unpaired) electrons. The zero-order chi connectivity index (χ0) is 29.1. The maximum absolute atomic E-state index is 15.2. The molecule has 1 aromatic heterocycles. The fourth-order valence-corrected chi connectivity index (χ4v) is 4.89. The van der Waals surface area contributed by atoms with Gasteiger partial charge in [-0.15, -0.1) is 4.31 Å². The van der Waals surface area contributed by atoms with E-state index in [1.54, 1.807) is 12.1 Å². The van der Waals surface area contributed by atoms with Gasteiger partial charge in [0.15, 0.2) is 10.7 Å². The molecule has 13 heteroatoms. The van der Waals surface area contributed by atoms with Crippen molar-refractivity contribution in [3.8, 4) is 0 Å². The van der Waals surface area contributed by atoms with Crippen molar-refractivity contribution in [2.45, 2.75) is 64.2 Å². The predicted molar refractivity (Wildman–Crippen MR) is 139 cm³/mol. The van der Waals surface area contributed by atoms with E-state index >= 15 is 8.78 Å². The van der Waals surface area contributed by atoms with Crippen molar-refractivity contribution in [1.82, 2.24) is 10.1 Å². The Bertz CT molecular complexity index is 1400. The van der Waals surface area contributed by atoms with Crippen molar-refractivity contribution < 1.29 is 35.6 Å². The van der Waals surface area contributed by atoms with Gasteiger partial charge in [0.2, 0.25) is 0 Å². The van der Waals surface area contributed by atoms with Crippen LogP contribution in [0, 0.1) is 17.5 Å². The second-order valence-electron chi connectivity index (χ2n) is 10.1. The third kappa shape index (κ3) is 7.09. The van der Waals surface area contributed by atoms with E-state index in [1.165, 1.54) is 26.8 Å². The van der Waals surface area contributed by atoms with Gasteiger partial charge in [-0.2, -0.15) is 0 Å². The first kappa shape index (κ1) is 30.0. The van der Waals surface area contributed by atoms with E-state index in [0.717, 1.165) is 24.5 Å². The van der Waals surface area contributed by atoms with E-state index in [9.17, 15) is 17.6 Å². The number of hydrogen-bond donors (Lipinski definition) is 1. The highest BCUT2D eigenvalue weighted by atomic mass is 32.2. The molecule has 0 unspecified atom stereocenters. The number of anilines is 2. The van der Waals surface area contributed by atoms with Gasteiger partial charge in [-0.05, 0) is 65.4 Å². The fraction of sp³-hybridized carbons (Fsp3) is 0.385. The molecule has 0 saturated carbocycles. The number of carbonyl (C=O) groups is 1. The molecule has 0 aliphatic rings. The van der Waals surface area contributed by atoms with Crippen molar-refractivity contribution >= 4 is 27.6 Å². The van der Waals surface area contributed by atoms with E-state index in [2.05, 4.69) is 15.0 Å². The predicted octanol–water partition coefficient (Wildman–Crippen LogP) is 5.67. The minimum Gasteiger partial charge on any atom is -0.443 e. The number of nitrogens with one attached hydrogen (secondary N) is 1. The number of nitrogens with zero attached hydrogens (tertiary/aromatic N) is 3. The monoisotopic (exact) mass is 568 g/mol. The van der Waals surface area contributed by atoms with E-state index in [0.29, 0.717) is 17.7 Å². The van der Waals surface area contributed by atoms with E-state index < -0.39 is 49.9 Å². The van der Waals surface area contributed by atoms with Gasteiger partial charge in [0.25, 0.3) is 10.0 Å². The number of rotatable bonds is 9. The average Bonchev–Trinajstić information content (AvgIpc) is 3.30. The molecule has 1 amide bonds. The van der Waals surface area contributed by atoms with Crippen LogP contribution in [0.25, 0.3) is 0 Å². The van der Waals surface area contributed by atoms with Gasteiger partial charge < -0.3 is 14.6 Å². The third-order valence-corrected chi connectivity index (χ3v) is 7.40. The van der Waals surface area contributed by atoms with Crippen molar-refractivity contribution in [2.24, 2.45) is 0 Å². The Labute approximate surface area is 225 Å². The molecule has 0 aliphatic carbocycles. The maximum atomic E-state index is 15.2. The molecular weight excluding hydrogens is 537 g/mol. The highest BCUT2D eigenvalue weighted by molar-refractivity contribution is 7.93. The SMILES string of the molecule is CC(C)N(C)Cc1cccc(F)c1CNc1cc(F)c(S(=O)(=O)N(C(=O)OC(C)(C)C)c2ccon2)c(F)c1. The normalized spacial score (nSPS) is 12.2. The smallest absolute Gasteiger partial charge is 0.430 e. The molecule has 0 aliphatic heterocycles. The zero-order valence-corrected chi connectivity index (χ0v) is 23.3. The van der Waals surface area contributed by atoms with Crippen LogP contribution in [0.15, 0.2) is 52.1 Å². The Morgan fingerprint density at radius 1 is 1.10 bits per heavy atom. The first-order valence-corrected chi connectivity index (χ1v) is 13.4. The summed E-state index contributed by atoms with van der Waals surface area (Å²) in [5, 5.41) is 6.17. The molecule has 1 N–H and O–H groups in total.